The number of carbonyl (C=O) groups is 1. The van der Waals surface area contributed by atoms with Crippen LogP contribution in [-0.4, -0.2) is 17.4 Å². The van der Waals surface area contributed by atoms with Gasteiger partial charge in [-0.15, -0.1) is 0 Å². The van der Waals surface area contributed by atoms with Crippen molar-refractivity contribution in [1.29, 1.82) is 0 Å². The van der Waals surface area contributed by atoms with E-state index >= 15 is 0 Å². The molecular weight excluding hydrogens is 250 g/mol. The second-order valence-electron chi connectivity index (χ2n) is 5.08. The van der Waals surface area contributed by atoms with Crippen molar-refractivity contribution in [1.82, 2.24) is 10.3 Å². The molecule has 0 aliphatic carbocycles. The molecule has 0 bridgehead atoms. The van der Waals surface area contributed by atoms with E-state index in [4.69, 9.17) is 0 Å². The van der Waals surface area contributed by atoms with Gasteiger partial charge in [0.15, 0.2) is 0 Å². The molecule has 1 amide bonds. The van der Waals surface area contributed by atoms with E-state index in [1.165, 1.54) is 5.56 Å². The minimum Gasteiger partial charge on any atom is -0.323 e. The molecule has 1 aliphatic heterocycles. The van der Waals surface area contributed by atoms with E-state index in [0.717, 1.165) is 29.8 Å². The Kier molecular flexibility index (Phi) is 3.48. The summed E-state index contributed by atoms with van der Waals surface area (Å²) in [6.45, 7) is 2.78. The largest absolute Gasteiger partial charge is 0.323 e. The van der Waals surface area contributed by atoms with Crippen LogP contribution >= 0.6 is 0 Å². The van der Waals surface area contributed by atoms with Crippen molar-refractivity contribution >= 4 is 11.6 Å². The van der Waals surface area contributed by atoms with Crippen LogP contribution in [-0.2, 0) is 11.2 Å². The molecule has 4 heteroatoms. The number of hydrogen-bond donors (Lipinski definition) is 2. The van der Waals surface area contributed by atoms with Gasteiger partial charge in [0.05, 0.1) is 11.9 Å². The topological polar surface area (TPSA) is 54.0 Å². The van der Waals surface area contributed by atoms with Crippen molar-refractivity contribution < 1.29 is 4.79 Å². The highest BCUT2D eigenvalue weighted by Gasteiger charge is 2.25. The molecule has 1 atom stereocenters. The number of aryl methyl sites for hydroxylation is 1. The lowest BCUT2D eigenvalue weighted by Gasteiger charge is -2.26. The zero-order valence-electron chi connectivity index (χ0n) is 11.4. The van der Waals surface area contributed by atoms with Gasteiger partial charge in [0.25, 0.3) is 0 Å². The van der Waals surface area contributed by atoms with Gasteiger partial charge in [-0.2, -0.15) is 0 Å². The molecule has 0 saturated carbocycles. The molecule has 0 radical (unpaired) electrons. The van der Waals surface area contributed by atoms with Crippen LogP contribution in [0.15, 0.2) is 42.7 Å². The molecule has 0 fully saturated rings. The van der Waals surface area contributed by atoms with E-state index in [2.05, 4.69) is 21.7 Å². The molecule has 4 nitrogen and oxygen atoms in total. The quantitative estimate of drug-likeness (QED) is 0.877. The Hall–Kier alpha value is -2.20. The van der Waals surface area contributed by atoms with E-state index in [1.54, 1.807) is 12.4 Å². The fourth-order valence-electron chi connectivity index (χ4n) is 2.58. The van der Waals surface area contributed by atoms with Crippen molar-refractivity contribution in [2.45, 2.75) is 19.4 Å². The van der Waals surface area contributed by atoms with E-state index in [-0.39, 0.29) is 11.9 Å². The predicted octanol–water partition coefficient (Wildman–Crippen LogP) is 2.22. The van der Waals surface area contributed by atoms with Gasteiger partial charge in [0, 0.05) is 12.7 Å². The molecule has 2 N–H and O–H groups in total. The van der Waals surface area contributed by atoms with Crippen molar-refractivity contribution in [2.24, 2.45) is 0 Å². The Morgan fingerprint density at radius 3 is 3.05 bits per heavy atom. The summed E-state index contributed by atoms with van der Waals surface area (Å²) in [5.41, 5.74) is 4.07. The highest BCUT2D eigenvalue weighted by atomic mass is 16.2. The smallest absolute Gasteiger partial charge is 0.246 e. The summed E-state index contributed by atoms with van der Waals surface area (Å²) < 4.78 is 0. The minimum atomic E-state index is -0.291. The average Bonchev–Trinajstić information content (AvgIpc) is 2.46. The molecule has 102 valence electrons. The van der Waals surface area contributed by atoms with Crippen LogP contribution in [0.5, 0.6) is 0 Å². The Labute approximate surface area is 118 Å². The number of anilines is 1. The molecule has 0 saturated heterocycles. The third-order valence-electron chi connectivity index (χ3n) is 3.51. The molecule has 1 aromatic heterocycles. The van der Waals surface area contributed by atoms with Crippen LogP contribution in [0, 0.1) is 6.92 Å². The maximum atomic E-state index is 12.4. The van der Waals surface area contributed by atoms with E-state index < -0.39 is 0 Å². The van der Waals surface area contributed by atoms with E-state index in [0.29, 0.717) is 0 Å². The number of amides is 1. The molecule has 2 heterocycles. The fourth-order valence-corrected chi connectivity index (χ4v) is 2.58. The summed E-state index contributed by atoms with van der Waals surface area (Å²) in [6, 6.07) is 9.72. The highest BCUT2D eigenvalue weighted by molar-refractivity contribution is 5.95. The first-order chi connectivity index (χ1) is 9.74. The van der Waals surface area contributed by atoms with Gasteiger partial charge in [0.2, 0.25) is 5.91 Å². The van der Waals surface area contributed by atoms with Gasteiger partial charge in [-0.1, -0.05) is 24.3 Å². The Balaban J connectivity index is 1.82. The maximum Gasteiger partial charge on any atom is 0.246 e. The lowest BCUT2D eigenvalue weighted by atomic mass is 9.94. The van der Waals surface area contributed by atoms with Crippen molar-refractivity contribution in [2.75, 3.05) is 11.9 Å². The van der Waals surface area contributed by atoms with E-state index in [9.17, 15) is 4.79 Å². The fraction of sp³-hybridized carbons (Fsp3) is 0.250. The summed E-state index contributed by atoms with van der Waals surface area (Å²) in [6.07, 6.45) is 4.40. The molecular formula is C16H17N3O. The van der Waals surface area contributed by atoms with E-state index in [1.807, 2.05) is 31.2 Å². The van der Waals surface area contributed by atoms with Gasteiger partial charge in [-0.3, -0.25) is 9.78 Å². The average molecular weight is 267 g/mol. The molecule has 1 aromatic carbocycles. The Morgan fingerprint density at radius 1 is 1.35 bits per heavy atom. The van der Waals surface area contributed by atoms with Crippen LogP contribution < -0.4 is 10.6 Å². The number of nitrogens with one attached hydrogen (secondary N) is 2. The summed E-state index contributed by atoms with van der Waals surface area (Å²) in [5, 5.41) is 6.21. The SMILES string of the molecule is Cc1cncc(NC(=O)C2NCCc3ccccc32)c1. The number of benzene rings is 1. The van der Waals surface area contributed by atoms with Crippen LogP contribution in [0.1, 0.15) is 22.7 Å². The Morgan fingerprint density at radius 2 is 2.20 bits per heavy atom. The number of pyridine rings is 1. The first-order valence-electron chi connectivity index (χ1n) is 6.78. The second-order valence-corrected chi connectivity index (χ2v) is 5.08. The first kappa shape index (κ1) is 12.8. The molecule has 20 heavy (non-hydrogen) atoms. The highest BCUT2D eigenvalue weighted by Crippen LogP contribution is 2.23. The molecule has 1 unspecified atom stereocenters. The van der Waals surface area contributed by atoms with Gasteiger partial charge in [-0.05, 0) is 36.1 Å². The van der Waals surface area contributed by atoms with Gasteiger partial charge < -0.3 is 10.6 Å². The predicted molar refractivity (Wildman–Crippen MR) is 78.5 cm³/mol. The molecule has 1 aliphatic rings. The number of hydrogen-bond acceptors (Lipinski definition) is 3. The third-order valence-corrected chi connectivity index (χ3v) is 3.51. The van der Waals surface area contributed by atoms with Crippen LogP contribution in [0.2, 0.25) is 0 Å². The number of aromatic nitrogens is 1. The minimum absolute atomic E-state index is 0.0375. The van der Waals surface area contributed by atoms with Gasteiger partial charge >= 0.3 is 0 Å². The number of fused-ring (bicyclic) bond motifs is 1. The molecule has 2 aromatic rings. The number of nitrogens with zero attached hydrogens (tertiary/aromatic N) is 1. The zero-order valence-corrected chi connectivity index (χ0v) is 11.4. The summed E-state index contributed by atoms with van der Waals surface area (Å²) in [7, 11) is 0. The summed E-state index contributed by atoms with van der Waals surface area (Å²) in [4.78, 5) is 16.5. The third kappa shape index (κ3) is 2.56. The standard InChI is InChI=1S/C16H17N3O/c1-11-8-13(10-17-9-11)19-16(20)15-14-5-3-2-4-12(14)6-7-18-15/h2-5,8-10,15,18H,6-7H2,1H3,(H,19,20). The van der Waals surface area contributed by atoms with Crippen molar-refractivity contribution in [3.63, 3.8) is 0 Å². The lowest BCUT2D eigenvalue weighted by Crippen LogP contribution is -2.38. The first-order valence-corrected chi connectivity index (χ1v) is 6.78. The zero-order chi connectivity index (χ0) is 13.9. The van der Waals surface area contributed by atoms with Crippen LogP contribution in [0.3, 0.4) is 0 Å². The number of rotatable bonds is 2. The lowest BCUT2D eigenvalue weighted by molar-refractivity contribution is -0.118. The van der Waals surface area contributed by atoms with Gasteiger partial charge in [-0.25, -0.2) is 0 Å². The van der Waals surface area contributed by atoms with Crippen LogP contribution in [0.4, 0.5) is 5.69 Å². The monoisotopic (exact) mass is 267 g/mol. The maximum absolute atomic E-state index is 12.4. The van der Waals surface area contributed by atoms with Crippen molar-refractivity contribution in [3.05, 3.63) is 59.4 Å². The normalized spacial score (nSPS) is 17.4. The molecule has 0 spiro atoms. The molecule has 3 rings (SSSR count). The summed E-state index contributed by atoms with van der Waals surface area (Å²) >= 11 is 0. The number of carbonyl (C=O) groups excluding carboxylic acids is 1. The Bertz CT molecular complexity index is 639. The van der Waals surface area contributed by atoms with Gasteiger partial charge in [0.1, 0.15) is 6.04 Å². The summed E-state index contributed by atoms with van der Waals surface area (Å²) in [5.74, 6) is -0.0375. The van der Waals surface area contributed by atoms with Crippen molar-refractivity contribution in [3.8, 4) is 0 Å². The second kappa shape index (κ2) is 5.43. The van der Waals surface area contributed by atoms with Crippen LogP contribution in [0.25, 0.3) is 0 Å².